The summed E-state index contributed by atoms with van der Waals surface area (Å²) in [5.74, 6) is 1.22. The number of piperidine rings is 2. The number of Topliss-reactive ketones (excluding diaryl/α,β-unsaturated/α-hetero) is 1. The first-order valence-electron chi connectivity index (χ1n) is 10.8. The lowest BCUT2D eigenvalue weighted by atomic mass is 9.75. The van der Waals surface area contributed by atoms with Crippen molar-refractivity contribution in [2.45, 2.75) is 50.7 Å². The van der Waals surface area contributed by atoms with Crippen molar-refractivity contribution in [1.82, 2.24) is 4.90 Å². The number of methoxy groups -OCH3 is 1. The third-order valence-corrected chi connectivity index (χ3v) is 6.40. The van der Waals surface area contributed by atoms with E-state index in [1.54, 1.807) is 7.11 Å². The molecule has 2 unspecified atom stereocenters. The molecular weight excluding hydrogens is 362 g/mol. The van der Waals surface area contributed by atoms with Gasteiger partial charge in [0.2, 0.25) is 0 Å². The van der Waals surface area contributed by atoms with Crippen molar-refractivity contribution >= 4 is 5.78 Å². The monoisotopic (exact) mass is 393 g/mol. The van der Waals surface area contributed by atoms with Gasteiger partial charge in [-0.2, -0.15) is 0 Å². The second-order valence-electron chi connectivity index (χ2n) is 8.29. The number of ketones is 1. The van der Waals surface area contributed by atoms with E-state index in [0.717, 1.165) is 30.7 Å². The Morgan fingerprint density at radius 1 is 0.966 bits per heavy atom. The molecule has 0 aromatic heterocycles. The van der Waals surface area contributed by atoms with Gasteiger partial charge in [0.15, 0.2) is 5.78 Å². The van der Waals surface area contributed by atoms with Crippen LogP contribution >= 0.6 is 0 Å². The topological polar surface area (TPSA) is 38.8 Å². The molecule has 2 atom stereocenters. The minimum absolute atomic E-state index is 0.137. The lowest BCUT2D eigenvalue weighted by Gasteiger charge is -2.48. The van der Waals surface area contributed by atoms with Crippen LogP contribution in [0.4, 0.5) is 0 Å². The minimum atomic E-state index is 0.137. The quantitative estimate of drug-likeness (QED) is 0.480. The van der Waals surface area contributed by atoms with Crippen LogP contribution in [0.2, 0.25) is 0 Å². The van der Waals surface area contributed by atoms with E-state index in [1.807, 2.05) is 24.3 Å². The molecule has 2 fully saturated rings. The van der Waals surface area contributed by atoms with Crippen LogP contribution in [0.25, 0.3) is 0 Å². The Labute approximate surface area is 173 Å². The van der Waals surface area contributed by atoms with E-state index in [9.17, 15) is 4.79 Å². The van der Waals surface area contributed by atoms with Gasteiger partial charge in [-0.15, -0.1) is 0 Å². The molecule has 4 rings (SSSR count). The number of carbonyl (C=O) groups excluding carboxylic acids is 1. The maximum absolute atomic E-state index is 13.2. The molecule has 2 heterocycles. The zero-order valence-corrected chi connectivity index (χ0v) is 17.3. The van der Waals surface area contributed by atoms with Crippen LogP contribution in [0.5, 0.6) is 5.75 Å². The fraction of sp³-hybridized carbons (Fsp3) is 0.480. The van der Waals surface area contributed by atoms with Crippen LogP contribution in [0.1, 0.15) is 48.0 Å². The zero-order chi connectivity index (χ0) is 20.1. The molecule has 2 aliphatic rings. The van der Waals surface area contributed by atoms with Gasteiger partial charge in [0.05, 0.1) is 6.61 Å². The number of hydrogen-bond donors (Lipinski definition) is 0. The molecule has 4 nitrogen and oxygen atoms in total. The summed E-state index contributed by atoms with van der Waals surface area (Å²) in [5, 5.41) is 0. The fourth-order valence-electron chi connectivity index (χ4n) is 4.94. The molecule has 0 aliphatic carbocycles. The van der Waals surface area contributed by atoms with E-state index in [2.05, 4.69) is 35.2 Å². The highest BCUT2D eigenvalue weighted by atomic mass is 16.5. The van der Waals surface area contributed by atoms with Gasteiger partial charge < -0.3 is 9.47 Å². The Hall–Kier alpha value is -2.17. The first kappa shape index (κ1) is 20.1. The number of ether oxygens (including phenoxy) is 2. The number of carbonyl (C=O) groups is 1. The van der Waals surface area contributed by atoms with E-state index in [1.165, 1.54) is 24.8 Å². The minimum Gasteiger partial charge on any atom is -0.491 e. The van der Waals surface area contributed by atoms with Crippen LogP contribution in [0, 0.1) is 5.92 Å². The van der Waals surface area contributed by atoms with Crippen LogP contribution in [0.15, 0.2) is 54.6 Å². The first-order chi connectivity index (χ1) is 14.2. The number of fused-ring (bicyclic) bond motifs is 2. The SMILES string of the molecule is COCCOc1ccc(C(=O)C2CC3CCCC(C2)N3Cc2ccccc2)cc1. The van der Waals surface area contributed by atoms with Gasteiger partial charge in [0, 0.05) is 37.2 Å². The van der Waals surface area contributed by atoms with Crippen molar-refractivity contribution in [3.8, 4) is 5.75 Å². The smallest absolute Gasteiger partial charge is 0.166 e. The summed E-state index contributed by atoms with van der Waals surface area (Å²) >= 11 is 0. The Kier molecular flexibility index (Phi) is 6.63. The van der Waals surface area contributed by atoms with E-state index in [4.69, 9.17) is 9.47 Å². The molecule has 2 aromatic carbocycles. The number of hydrogen-bond acceptors (Lipinski definition) is 4. The summed E-state index contributed by atoms with van der Waals surface area (Å²) in [6.45, 7) is 2.09. The van der Waals surface area contributed by atoms with Crippen LogP contribution in [0.3, 0.4) is 0 Å². The van der Waals surface area contributed by atoms with E-state index >= 15 is 0 Å². The molecule has 2 bridgehead atoms. The summed E-state index contributed by atoms with van der Waals surface area (Å²) in [5.41, 5.74) is 2.18. The van der Waals surface area contributed by atoms with Crippen molar-refractivity contribution in [1.29, 1.82) is 0 Å². The van der Waals surface area contributed by atoms with Crippen LogP contribution in [-0.4, -0.2) is 43.1 Å². The molecule has 0 radical (unpaired) electrons. The summed E-state index contributed by atoms with van der Waals surface area (Å²) in [6.07, 6.45) is 5.66. The average molecular weight is 394 g/mol. The van der Waals surface area contributed by atoms with Gasteiger partial charge in [-0.1, -0.05) is 36.8 Å². The second kappa shape index (κ2) is 9.55. The van der Waals surface area contributed by atoms with Gasteiger partial charge in [-0.3, -0.25) is 9.69 Å². The molecule has 4 heteroatoms. The Balaban J connectivity index is 1.39. The van der Waals surface area contributed by atoms with Gasteiger partial charge >= 0.3 is 0 Å². The molecule has 154 valence electrons. The number of nitrogens with zero attached hydrogens (tertiary/aromatic N) is 1. The average Bonchev–Trinajstić information content (AvgIpc) is 2.74. The predicted octanol–water partition coefficient (Wildman–Crippen LogP) is 4.73. The summed E-state index contributed by atoms with van der Waals surface area (Å²) < 4.78 is 10.6. The Morgan fingerprint density at radius 2 is 1.66 bits per heavy atom. The van der Waals surface area contributed by atoms with Gasteiger partial charge in [-0.05, 0) is 55.5 Å². The van der Waals surface area contributed by atoms with Crippen molar-refractivity contribution in [3.63, 3.8) is 0 Å². The zero-order valence-electron chi connectivity index (χ0n) is 17.3. The maximum atomic E-state index is 13.2. The lowest BCUT2D eigenvalue weighted by molar-refractivity contribution is 0.00906. The third-order valence-electron chi connectivity index (χ3n) is 6.40. The van der Waals surface area contributed by atoms with E-state index in [0.29, 0.717) is 31.1 Å². The highest BCUT2D eigenvalue weighted by Crippen LogP contribution is 2.39. The summed E-state index contributed by atoms with van der Waals surface area (Å²) in [6, 6.07) is 19.4. The molecule has 0 spiro atoms. The standard InChI is InChI=1S/C25H31NO3/c1-28-14-15-29-24-12-10-20(11-13-24)25(27)21-16-22-8-5-9-23(17-21)26(22)18-19-6-3-2-4-7-19/h2-4,6-7,10-13,21-23H,5,8-9,14-18H2,1H3. The van der Waals surface area contributed by atoms with Crippen molar-refractivity contribution in [2.75, 3.05) is 20.3 Å². The fourth-order valence-corrected chi connectivity index (χ4v) is 4.94. The number of rotatable bonds is 8. The molecule has 2 aliphatic heterocycles. The van der Waals surface area contributed by atoms with Crippen LogP contribution < -0.4 is 4.74 Å². The normalized spacial score (nSPS) is 24.2. The highest BCUT2D eigenvalue weighted by Gasteiger charge is 2.40. The van der Waals surface area contributed by atoms with Crippen LogP contribution in [-0.2, 0) is 11.3 Å². The first-order valence-corrected chi connectivity index (χ1v) is 10.8. The van der Waals surface area contributed by atoms with Gasteiger partial charge in [-0.25, -0.2) is 0 Å². The molecule has 2 aromatic rings. The third kappa shape index (κ3) is 4.88. The molecule has 0 saturated carbocycles. The summed E-state index contributed by atoms with van der Waals surface area (Å²) in [4.78, 5) is 15.9. The molecule has 0 amide bonds. The van der Waals surface area contributed by atoms with Gasteiger partial charge in [0.25, 0.3) is 0 Å². The van der Waals surface area contributed by atoms with E-state index < -0.39 is 0 Å². The molecule has 2 saturated heterocycles. The lowest BCUT2D eigenvalue weighted by Crippen LogP contribution is -2.52. The predicted molar refractivity (Wildman–Crippen MR) is 114 cm³/mol. The molecular formula is C25H31NO3. The Morgan fingerprint density at radius 3 is 2.31 bits per heavy atom. The second-order valence-corrected chi connectivity index (χ2v) is 8.29. The maximum Gasteiger partial charge on any atom is 0.166 e. The van der Waals surface area contributed by atoms with E-state index in [-0.39, 0.29) is 5.92 Å². The molecule has 29 heavy (non-hydrogen) atoms. The highest BCUT2D eigenvalue weighted by molar-refractivity contribution is 5.98. The number of benzene rings is 2. The summed E-state index contributed by atoms with van der Waals surface area (Å²) in [7, 11) is 1.66. The van der Waals surface area contributed by atoms with Crippen molar-refractivity contribution < 1.29 is 14.3 Å². The van der Waals surface area contributed by atoms with Crippen molar-refractivity contribution in [3.05, 3.63) is 65.7 Å². The molecule has 0 N–H and O–H groups in total. The van der Waals surface area contributed by atoms with Crippen molar-refractivity contribution in [2.24, 2.45) is 5.92 Å². The largest absolute Gasteiger partial charge is 0.491 e. The van der Waals surface area contributed by atoms with Gasteiger partial charge in [0.1, 0.15) is 12.4 Å². The Bertz CT molecular complexity index is 775.